The molecule has 0 amide bonds. The number of ether oxygens (including phenoxy) is 1. The summed E-state index contributed by atoms with van der Waals surface area (Å²) in [7, 11) is 1.46. The van der Waals surface area contributed by atoms with E-state index < -0.39 is 0 Å². The molecule has 0 bridgehead atoms. The first-order chi connectivity index (χ1) is 10.2. The van der Waals surface area contributed by atoms with Crippen molar-refractivity contribution >= 4 is 0 Å². The van der Waals surface area contributed by atoms with Crippen LogP contribution in [-0.2, 0) is 12.8 Å². The third-order valence-corrected chi connectivity index (χ3v) is 3.68. The number of methoxy groups -OCH3 is 1. The third-order valence-electron chi connectivity index (χ3n) is 3.68. The molecule has 2 aromatic rings. The Labute approximate surface area is 124 Å². The van der Waals surface area contributed by atoms with Gasteiger partial charge in [-0.3, -0.25) is 11.3 Å². The molecule has 3 nitrogen and oxygen atoms in total. The van der Waals surface area contributed by atoms with Gasteiger partial charge in [0.15, 0.2) is 11.6 Å². The van der Waals surface area contributed by atoms with Crippen molar-refractivity contribution in [1.82, 2.24) is 5.43 Å². The predicted octanol–water partition coefficient (Wildman–Crippen LogP) is 3.14. The highest BCUT2D eigenvalue weighted by Crippen LogP contribution is 2.25. The van der Waals surface area contributed by atoms with Crippen LogP contribution in [0.3, 0.4) is 0 Å². The fourth-order valence-electron chi connectivity index (χ4n) is 2.35. The van der Waals surface area contributed by atoms with Crippen LogP contribution in [0.4, 0.5) is 4.39 Å². The zero-order valence-corrected chi connectivity index (χ0v) is 12.4. The molecule has 0 aliphatic carbocycles. The molecule has 0 saturated carbocycles. The molecule has 2 rings (SSSR count). The molecule has 0 aromatic heterocycles. The standard InChI is InChI=1S/C17H21FN2O/c1-3-12-7-9-13(10-8-12)15(20-19)11-14-5-4-6-16(21-2)17(14)18/h4-10,15,20H,3,11,19H2,1-2H3. The lowest BCUT2D eigenvalue weighted by molar-refractivity contribution is 0.382. The van der Waals surface area contributed by atoms with Crippen molar-refractivity contribution in [2.75, 3.05) is 7.11 Å². The normalized spacial score (nSPS) is 12.2. The topological polar surface area (TPSA) is 47.3 Å². The van der Waals surface area contributed by atoms with Gasteiger partial charge in [-0.25, -0.2) is 4.39 Å². The molecule has 4 heteroatoms. The summed E-state index contributed by atoms with van der Waals surface area (Å²) < 4.78 is 19.2. The fourth-order valence-corrected chi connectivity index (χ4v) is 2.35. The van der Waals surface area contributed by atoms with Gasteiger partial charge in [-0.05, 0) is 35.6 Å². The van der Waals surface area contributed by atoms with E-state index in [0.717, 1.165) is 12.0 Å². The van der Waals surface area contributed by atoms with Crippen molar-refractivity contribution < 1.29 is 9.13 Å². The Morgan fingerprint density at radius 2 is 1.90 bits per heavy atom. The van der Waals surface area contributed by atoms with Gasteiger partial charge < -0.3 is 4.74 Å². The summed E-state index contributed by atoms with van der Waals surface area (Å²) in [5.41, 5.74) is 5.65. The second kappa shape index (κ2) is 7.20. The van der Waals surface area contributed by atoms with Crippen molar-refractivity contribution in [3.63, 3.8) is 0 Å². The minimum atomic E-state index is -0.328. The smallest absolute Gasteiger partial charge is 0.168 e. The Hall–Kier alpha value is -1.91. The van der Waals surface area contributed by atoms with Gasteiger partial charge in [0.25, 0.3) is 0 Å². The first-order valence-corrected chi connectivity index (χ1v) is 7.06. The molecule has 1 atom stereocenters. The second-order valence-electron chi connectivity index (χ2n) is 4.95. The Bertz CT molecular complexity index is 584. The maximum absolute atomic E-state index is 14.2. The van der Waals surface area contributed by atoms with Crippen molar-refractivity contribution in [2.24, 2.45) is 5.84 Å². The monoisotopic (exact) mass is 288 g/mol. The summed E-state index contributed by atoms with van der Waals surface area (Å²) in [6, 6.07) is 13.2. The van der Waals surface area contributed by atoms with Gasteiger partial charge in [-0.2, -0.15) is 0 Å². The van der Waals surface area contributed by atoms with Crippen LogP contribution in [0.2, 0.25) is 0 Å². The molecule has 0 aliphatic heterocycles. The second-order valence-corrected chi connectivity index (χ2v) is 4.95. The average molecular weight is 288 g/mol. The molecular weight excluding hydrogens is 267 g/mol. The van der Waals surface area contributed by atoms with Crippen LogP contribution in [0.25, 0.3) is 0 Å². The van der Waals surface area contributed by atoms with Crippen molar-refractivity contribution in [2.45, 2.75) is 25.8 Å². The Morgan fingerprint density at radius 3 is 2.48 bits per heavy atom. The van der Waals surface area contributed by atoms with Crippen LogP contribution in [0.5, 0.6) is 5.75 Å². The van der Waals surface area contributed by atoms with Crippen molar-refractivity contribution in [3.05, 3.63) is 65.0 Å². The molecule has 3 N–H and O–H groups in total. The number of benzene rings is 2. The van der Waals surface area contributed by atoms with E-state index in [9.17, 15) is 4.39 Å². The summed E-state index contributed by atoms with van der Waals surface area (Å²) in [5.74, 6) is 5.57. The Morgan fingerprint density at radius 1 is 1.19 bits per heavy atom. The largest absolute Gasteiger partial charge is 0.494 e. The summed E-state index contributed by atoms with van der Waals surface area (Å²) in [6.45, 7) is 2.11. The Balaban J connectivity index is 2.22. The number of hydrogen-bond donors (Lipinski definition) is 2. The first kappa shape index (κ1) is 15.5. The maximum Gasteiger partial charge on any atom is 0.168 e. The molecule has 0 fully saturated rings. The van der Waals surface area contributed by atoms with E-state index >= 15 is 0 Å². The van der Waals surface area contributed by atoms with Gasteiger partial charge in [0.05, 0.1) is 13.2 Å². The van der Waals surface area contributed by atoms with Crippen LogP contribution < -0.4 is 16.0 Å². The van der Waals surface area contributed by atoms with Gasteiger partial charge in [-0.15, -0.1) is 0 Å². The van der Waals surface area contributed by atoms with Gasteiger partial charge in [-0.1, -0.05) is 43.3 Å². The number of nitrogens with two attached hydrogens (primary N) is 1. The highest BCUT2D eigenvalue weighted by molar-refractivity contribution is 5.33. The predicted molar refractivity (Wildman–Crippen MR) is 82.5 cm³/mol. The maximum atomic E-state index is 14.2. The summed E-state index contributed by atoms with van der Waals surface area (Å²) in [6.07, 6.45) is 1.45. The number of nitrogens with one attached hydrogen (secondary N) is 1. The number of rotatable bonds is 6. The van der Waals surface area contributed by atoms with Crippen LogP contribution >= 0.6 is 0 Å². The molecule has 112 valence electrons. The van der Waals surface area contributed by atoms with Crippen LogP contribution in [-0.4, -0.2) is 7.11 Å². The quantitative estimate of drug-likeness (QED) is 0.634. The van der Waals surface area contributed by atoms with Crippen LogP contribution in [0, 0.1) is 5.82 Å². The molecule has 2 aromatic carbocycles. The Kier molecular flexibility index (Phi) is 5.31. The van der Waals surface area contributed by atoms with E-state index in [0.29, 0.717) is 12.0 Å². The number of hydrogen-bond acceptors (Lipinski definition) is 3. The fraction of sp³-hybridized carbons (Fsp3) is 0.294. The van der Waals surface area contributed by atoms with Gasteiger partial charge in [0, 0.05) is 0 Å². The minimum Gasteiger partial charge on any atom is -0.494 e. The molecular formula is C17H21FN2O. The van der Waals surface area contributed by atoms with E-state index in [-0.39, 0.29) is 17.6 Å². The summed E-state index contributed by atoms with van der Waals surface area (Å²) in [5, 5.41) is 0. The lowest BCUT2D eigenvalue weighted by atomic mass is 9.97. The van der Waals surface area contributed by atoms with Crippen LogP contribution in [0.1, 0.15) is 29.7 Å². The number of aryl methyl sites for hydroxylation is 1. The summed E-state index contributed by atoms with van der Waals surface area (Å²) >= 11 is 0. The molecule has 21 heavy (non-hydrogen) atoms. The molecule has 0 radical (unpaired) electrons. The highest BCUT2D eigenvalue weighted by atomic mass is 19.1. The van der Waals surface area contributed by atoms with E-state index in [4.69, 9.17) is 10.6 Å². The van der Waals surface area contributed by atoms with E-state index in [2.05, 4.69) is 24.5 Å². The first-order valence-electron chi connectivity index (χ1n) is 7.06. The minimum absolute atomic E-state index is 0.141. The zero-order valence-electron chi connectivity index (χ0n) is 12.4. The molecule has 0 heterocycles. The highest BCUT2D eigenvalue weighted by Gasteiger charge is 2.15. The van der Waals surface area contributed by atoms with Crippen LogP contribution in [0.15, 0.2) is 42.5 Å². The van der Waals surface area contributed by atoms with Gasteiger partial charge in [0.1, 0.15) is 0 Å². The van der Waals surface area contributed by atoms with Crippen molar-refractivity contribution in [1.29, 1.82) is 0 Å². The number of hydrazine groups is 1. The lowest BCUT2D eigenvalue weighted by Crippen LogP contribution is -2.29. The van der Waals surface area contributed by atoms with Gasteiger partial charge in [0.2, 0.25) is 0 Å². The van der Waals surface area contributed by atoms with E-state index in [1.165, 1.54) is 12.7 Å². The van der Waals surface area contributed by atoms with Crippen molar-refractivity contribution in [3.8, 4) is 5.75 Å². The molecule has 1 unspecified atom stereocenters. The SMILES string of the molecule is CCc1ccc(C(Cc2cccc(OC)c2F)NN)cc1. The lowest BCUT2D eigenvalue weighted by Gasteiger charge is -2.18. The number of halogens is 1. The molecule has 0 spiro atoms. The van der Waals surface area contributed by atoms with Gasteiger partial charge >= 0.3 is 0 Å². The van der Waals surface area contributed by atoms with E-state index in [1.54, 1.807) is 18.2 Å². The van der Waals surface area contributed by atoms with E-state index in [1.807, 2.05) is 12.1 Å². The molecule has 0 aliphatic rings. The third kappa shape index (κ3) is 3.60. The average Bonchev–Trinajstić information content (AvgIpc) is 2.54. The zero-order chi connectivity index (χ0) is 15.2. The summed E-state index contributed by atoms with van der Waals surface area (Å²) in [4.78, 5) is 0. The molecule has 0 saturated heterocycles.